The fraction of sp³-hybridized carbons (Fsp3) is 0.421. The quantitative estimate of drug-likeness (QED) is 0.761. The Morgan fingerprint density at radius 3 is 2.67 bits per heavy atom. The zero-order chi connectivity index (χ0) is 19.3. The van der Waals surface area contributed by atoms with Gasteiger partial charge >= 0.3 is 0 Å². The summed E-state index contributed by atoms with van der Waals surface area (Å²) in [5.74, 6) is 0.137. The minimum atomic E-state index is -3.66. The molecule has 0 spiro atoms. The third-order valence-corrected chi connectivity index (χ3v) is 7.06. The second kappa shape index (κ2) is 8.86. The number of rotatable bonds is 7. The third-order valence-electron chi connectivity index (χ3n) is 4.40. The molecule has 27 heavy (non-hydrogen) atoms. The molecule has 2 aromatic rings. The first-order chi connectivity index (χ1) is 13.0. The molecule has 2 heterocycles. The van der Waals surface area contributed by atoms with Gasteiger partial charge in [0.25, 0.3) is 0 Å². The second-order valence-corrected chi connectivity index (χ2v) is 9.10. The maximum absolute atomic E-state index is 13.1. The maximum Gasteiger partial charge on any atom is 0.246 e. The number of nitrogens with one attached hydrogen (secondary N) is 1. The summed E-state index contributed by atoms with van der Waals surface area (Å²) in [6, 6.07) is 6.68. The van der Waals surface area contributed by atoms with Crippen LogP contribution in [0.1, 0.15) is 31.7 Å². The predicted octanol–water partition coefficient (Wildman–Crippen LogP) is 3.50. The number of piperidine rings is 1. The molecule has 0 aliphatic carbocycles. The Labute approximate surface area is 164 Å². The number of carbonyl (C=O) groups excluding carboxylic acids is 1. The summed E-state index contributed by atoms with van der Waals surface area (Å²) in [5, 5.41) is 6.63. The second-order valence-electron chi connectivity index (χ2n) is 6.42. The maximum atomic E-state index is 13.1. The van der Waals surface area contributed by atoms with Gasteiger partial charge in [0, 0.05) is 18.8 Å². The van der Waals surface area contributed by atoms with E-state index in [0.717, 1.165) is 24.8 Å². The lowest BCUT2D eigenvalue weighted by Gasteiger charge is -2.27. The van der Waals surface area contributed by atoms with E-state index in [1.165, 1.54) is 21.7 Å². The summed E-state index contributed by atoms with van der Waals surface area (Å²) >= 11 is 1.54. The summed E-state index contributed by atoms with van der Waals surface area (Å²) in [4.78, 5) is 12.4. The first kappa shape index (κ1) is 19.9. The van der Waals surface area contributed by atoms with Gasteiger partial charge in [0.2, 0.25) is 15.9 Å². The molecule has 3 rings (SSSR count). The molecule has 146 valence electrons. The average molecular weight is 409 g/mol. The van der Waals surface area contributed by atoms with Crippen LogP contribution in [0.4, 0.5) is 5.69 Å². The smallest absolute Gasteiger partial charge is 0.246 e. The molecule has 0 radical (unpaired) electrons. The van der Waals surface area contributed by atoms with Crippen LogP contribution >= 0.6 is 11.3 Å². The predicted molar refractivity (Wildman–Crippen MR) is 107 cm³/mol. The largest absolute Gasteiger partial charge is 0.492 e. The Hall–Kier alpha value is -1.90. The van der Waals surface area contributed by atoms with Gasteiger partial charge in [-0.15, -0.1) is 0 Å². The van der Waals surface area contributed by atoms with Crippen LogP contribution in [0.2, 0.25) is 0 Å². The van der Waals surface area contributed by atoms with Crippen molar-refractivity contribution in [2.75, 3.05) is 25.0 Å². The number of carbonyl (C=O) groups is 1. The van der Waals surface area contributed by atoms with Gasteiger partial charge in [0.1, 0.15) is 10.6 Å². The van der Waals surface area contributed by atoms with E-state index in [-0.39, 0.29) is 17.2 Å². The number of sulfonamides is 1. The molecule has 1 aliphatic heterocycles. The third kappa shape index (κ3) is 4.88. The SMILES string of the molecule is CCOc1ccc(NC(=O)Cc2ccsc2)cc1S(=O)(=O)N1CCCCC1. The van der Waals surface area contributed by atoms with Crippen molar-refractivity contribution < 1.29 is 17.9 Å². The van der Waals surface area contributed by atoms with Gasteiger partial charge in [-0.05, 0) is 60.4 Å². The highest BCUT2D eigenvalue weighted by Crippen LogP contribution is 2.31. The fourth-order valence-corrected chi connectivity index (χ4v) is 5.43. The summed E-state index contributed by atoms with van der Waals surface area (Å²) in [7, 11) is -3.66. The molecular weight excluding hydrogens is 384 g/mol. The van der Waals surface area contributed by atoms with Crippen molar-refractivity contribution in [2.45, 2.75) is 37.5 Å². The minimum Gasteiger partial charge on any atom is -0.492 e. The lowest BCUT2D eigenvalue weighted by Crippen LogP contribution is -2.35. The topological polar surface area (TPSA) is 75.7 Å². The average Bonchev–Trinajstić information content (AvgIpc) is 3.16. The number of amides is 1. The van der Waals surface area contributed by atoms with Gasteiger partial charge in [-0.2, -0.15) is 15.6 Å². The Balaban J connectivity index is 1.84. The van der Waals surface area contributed by atoms with Crippen molar-refractivity contribution in [1.82, 2.24) is 4.31 Å². The molecule has 0 unspecified atom stereocenters. The summed E-state index contributed by atoms with van der Waals surface area (Å²) in [5.41, 5.74) is 1.39. The van der Waals surface area contributed by atoms with Crippen LogP contribution in [-0.4, -0.2) is 38.3 Å². The Morgan fingerprint density at radius 2 is 2.00 bits per heavy atom. The molecule has 0 bridgehead atoms. The van der Waals surface area contributed by atoms with Crippen molar-refractivity contribution >= 4 is 33.0 Å². The number of nitrogens with zero attached hydrogens (tertiary/aromatic N) is 1. The van der Waals surface area contributed by atoms with Gasteiger partial charge in [-0.25, -0.2) is 8.42 Å². The fourth-order valence-electron chi connectivity index (χ4n) is 3.09. The lowest BCUT2D eigenvalue weighted by atomic mass is 10.2. The first-order valence-corrected chi connectivity index (χ1v) is 11.5. The van der Waals surface area contributed by atoms with E-state index in [0.29, 0.717) is 31.1 Å². The number of ether oxygens (including phenoxy) is 1. The van der Waals surface area contributed by atoms with Crippen molar-refractivity contribution in [3.8, 4) is 5.75 Å². The molecule has 1 saturated heterocycles. The molecule has 1 aliphatic rings. The van der Waals surface area contributed by atoms with Crippen LogP contribution in [-0.2, 0) is 21.2 Å². The minimum absolute atomic E-state index is 0.111. The molecular formula is C19H24N2O4S2. The van der Waals surface area contributed by atoms with Crippen LogP contribution in [0.3, 0.4) is 0 Å². The normalized spacial score (nSPS) is 15.4. The van der Waals surface area contributed by atoms with Crippen molar-refractivity contribution in [3.05, 3.63) is 40.6 Å². The zero-order valence-electron chi connectivity index (χ0n) is 15.3. The van der Waals surface area contributed by atoms with Gasteiger partial charge < -0.3 is 10.1 Å². The first-order valence-electron chi connectivity index (χ1n) is 9.08. The number of thiophene rings is 1. The van der Waals surface area contributed by atoms with Crippen LogP contribution in [0.25, 0.3) is 0 Å². The van der Waals surface area contributed by atoms with Gasteiger partial charge in [-0.1, -0.05) is 6.42 Å². The summed E-state index contributed by atoms with van der Waals surface area (Å²) in [6.07, 6.45) is 3.02. The van der Waals surface area contributed by atoms with Crippen LogP contribution in [0.5, 0.6) is 5.75 Å². The van der Waals surface area contributed by atoms with Crippen LogP contribution in [0.15, 0.2) is 39.9 Å². The number of hydrogen-bond acceptors (Lipinski definition) is 5. The highest BCUT2D eigenvalue weighted by atomic mass is 32.2. The number of hydrogen-bond donors (Lipinski definition) is 1. The van der Waals surface area contributed by atoms with Crippen LogP contribution < -0.4 is 10.1 Å². The van der Waals surface area contributed by atoms with Crippen molar-refractivity contribution in [2.24, 2.45) is 0 Å². The Bertz CT molecular complexity index is 873. The van der Waals surface area contributed by atoms with Gasteiger partial charge in [0.15, 0.2) is 0 Å². The molecule has 8 heteroatoms. The molecule has 0 atom stereocenters. The number of benzene rings is 1. The van der Waals surface area contributed by atoms with Crippen LogP contribution in [0, 0.1) is 0 Å². The van der Waals surface area contributed by atoms with Gasteiger partial charge in [0.05, 0.1) is 13.0 Å². The molecule has 1 aromatic carbocycles. The van der Waals surface area contributed by atoms with Crippen molar-refractivity contribution in [3.63, 3.8) is 0 Å². The lowest BCUT2D eigenvalue weighted by molar-refractivity contribution is -0.115. The van der Waals surface area contributed by atoms with E-state index in [1.54, 1.807) is 12.1 Å². The van der Waals surface area contributed by atoms with Gasteiger partial charge in [-0.3, -0.25) is 4.79 Å². The van der Waals surface area contributed by atoms with E-state index in [2.05, 4.69) is 5.32 Å². The molecule has 1 aromatic heterocycles. The van der Waals surface area contributed by atoms with Crippen molar-refractivity contribution in [1.29, 1.82) is 0 Å². The molecule has 6 nitrogen and oxygen atoms in total. The van der Waals surface area contributed by atoms with E-state index in [4.69, 9.17) is 4.74 Å². The molecule has 1 amide bonds. The molecule has 1 fully saturated rings. The molecule has 0 saturated carbocycles. The Kier molecular flexibility index (Phi) is 6.51. The highest BCUT2D eigenvalue weighted by molar-refractivity contribution is 7.89. The number of anilines is 1. The molecule has 1 N–H and O–H groups in total. The van der Waals surface area contributed by atoms with E-state index >= 15 is 0 Å². The Morgan fingerprint density at radius 1 is 1.22 bits per heavy atom. The zero-order valence-corrected chi connectivity index (χ0v) is 16.9. The standard InChI is InChI=1S/C19H24N2O4S2/c1-2-25-17-7-6-16(20-19(22)12-15-8-11-26-14-15)13-18(17)27(23,24)21-9-4-3-5-10-21/h6-8,11,13-14H,2-5,9-10,12H2,1H3,(H,20,22). The van der Waals surface area contributed by atoms with E-state index in [1.807, 2.05) is 23.8 Å². The summed E-state index contributed by atoms with van der Waals surface area (Å²) < 4.78 is 33.3. The monoisotopic (exact) mass is 408 g/mol. The van der Waals surface area contributed by atoms with E-state index in [9.17, 15) is 13.2 Å². The highest BCUT2D eigenvalue weighted by Gasteiger charge is 2.29. The van der Waals surface area contributed by atoms with E-state index < -0.39 is 10.0 Å². The summed E-state index contributed by atoms with van der Waals surface area (Å²) in [6.45, 7) is 3.21.